The number of hydrogen-bond donors (Lipinski definition) is 1. The van der Waals surface area contributed by atoms with Gasteiger partial charge in [0.15, 0.2) is 0 Å². The van der Waals surface area contributed by atoms with Crippen molar-refractivity contribution in [3.05, 3.63) is 51.5 Å². The highest BCUT2D eigenvalue weighted by Gasteiger charge is 2.16. The summed E-state index contributed by atoms with van der Waals surface area (Å²) in [6.45, 7) is 1.91. The summed E-state index contributed by atoms with van der Waals surface area (Å²) in [5.74, 6) is 0. The van der Waals surface area contributed by atoms with Crippen LogP contribution in [0.4, 0.5) is 5.69 Å². The van der Waals surface area contributed by atoms with Crippen LogP contribution in [0.3, 0.4) is 0 Å². The average molecular weight is 373 g/mol. The number of anilines is 1. The number of rotatable bonds is 3. The number of nitrogens with one attached hydrogen (secondary N) is 1. The van der Waals surface area contributed by atoms with Crippen LogP contribution in [0, 0.1) is 6.92 Å². The van der Waals surface area contributed by atoms with E-state index in [1.165, 1.54) is 29.5 Å². The van der Waals surface area contributed by atoms with E-state index >= 15 is 0 Å². The Balaban J connectivity index is 1.98. The lowest BCUT2D eigenvalue weighted by atomic mass is 10.3. The molecule has 22 heavy (non-hydrogen) atoms. The molecule has 0 radical (unpaired) electrons. The molecule has 8 heteroatoms. The number of benzene rings is 2. The van der Waals surface area contributed by atoms with Gasteiger partial charge in [-0.2, -0.15) is 0 Å². The van der Waals surface area contributed by atoms with Crippen molar-refractivity contribution in [2.24, 2.45) is 0 Å². The molecule has 1 N–H and O–H groups in total. The minimum absolute atomic E-state index is 0.0191. The fourth-order valence-electron chi connectivity index (χ4n) is 2.00. The topological polar surface area (TPSA) is 59.1 Å². The molecule has 3 aromatic rings. The summed E-state index contributed by atoms with van der Waals surface area (Å²) in [6, 6.07) is 9.39. The summed E-state index contributed by atoms with van der Waals surface area (Å²) < 4.78 is 28.3. The van der Waals surface area contributed by atoms with Gasteiger partial charge in [-0.3, -0.25) is 4.72 Å². The van der Waals surface area contributed by atoms with Crippen LogP contribution in [0.2, 0.25) is 10.0 Å². The Hall–Kier alpha value is -1.34. The Morgan fingerprint density at radius 3 is 2.45 bits per heavy atom. The quantitative estimate of drug-likeness (QED) is 0.723. The van der Waals surface area contributed by atoms with Crippen molar-refractivity contribution in [2.75, 3.05) is 4.72 Å². The third-order valence-electron chi connectivity index (χ3n) is 2.89. The summed E-state index contributed by atoms with van der Waals surface area (Å²) in [5.41, 5.74) is 1.31. The molecule has 1 heterocycles. The van der Waals surface area contributed by atoms with Crippen molar-refractivity contribution in [3.63, 3.8) is 0 Å². The molecule has 0 bridgehead atoms. The van der Waals surface area contributed by atoms with Gasteiger partial charge in [-0.05, 0) is 43.3 Å². The van der Waals surface area contributed by atoms with Crippen molar-refractivity contribution in [3.8, 4) is 0 Å². The molecule has 0 aliphatic carbocycles. The van der Waals surface area contributed by atoms with Crippen LogP contribution < -0.4 is 4.72 Å². The van der Waals surface area contributed by atoms with Crippen LogP contribution in [0.5, 0.6) is 0 Å². The Bertz CT molecular complexity index is 948. The van der Waals surface area contributed by atoms with E-state index in [0.29, 0.717) is 5.69 Å². The van der Waals surface area contributed by atoms with Crippen molar-refractivity contribution < 1.29 is 8.42 Å². The van der Waals surface area contributed by atoms with Crippen molar-refractivity contribution in [2.45, 2.75) is 11.8 Å². The minimum atomic E-state index is -3.75. The van der Waals surface area contributed by atoms with Gasteiger partial charge in [0.25, 0.3) is 10.0 Å². The van der Waals surface area contributed by atoms with Crippen LogP contribution in [0.25, 0.3) is 10.2 Å². The molecule has 0 spiro atoms. The number of nitrogens with zero attached hydrogens (tertiary/aromatic N) is 1. The summed E-state index contributed by atoms with van der Waals surface area (Å²) in [6.07, 6.45) is 0. The van der Waals surface area contributed by atoms with E-state index in [9.17, 15) is 8.42 Å². The number of fused-ring (bicyclic) bond motifs is 1. The van der Waals surface area contributed by atoms with Gasteiger partial charge in [-0.1, -0.05) is 23.2 Å². The largest absolute Gasteiger partial charge is 0.280 e. The van der Waals surface area contributed by atoms with Crippen molar-refractivity contribution >= 4 is 60.5 Å². The molecule has 0 saturated carbocycles. The monoisotopic (exact) mass is 372 g/mol. The molecule has 0 amide bonds. The highest BCUT2D eigenvalue weighted by Crippen LogP contribution is 2.27. The van der Waals surface area contributed by atoms with Gasteiger partial charge in [0.1, 0.15) is 0 Å². The lowest BCUT2D eigenvalue weighted by molar-refractivity contribution is 0.601. The first-order chi connectivity index (χ1) is 10.3. The van der Waals surface area contributed by atoms with E-state index in [-0.39, 0.29) is 14.9 Å². The third-order valence-corrected chi connectivity index (χ3v) is 5.62. The van der Waals surface area contributed by atoms with Gasteiger partial charge in [-0.15, -0.1) is 11.3 Å². The van der Waals surface area contributed by atoms with Crippen LogP contribution >= 0.6 is 34.5 Å². The van der Waals surface area contributed by atoms with Gasteiger partial charge in [0.05, 0.1) is 25.8 Å². The van der Waals surface area contributed by atoms with Crippen LogP contribution in [0.1, 0.15) is 5.01 Å². The van der Waals surface area contributed by atoms with Crippen molar-refractivity contribution in [1.82, 2.24) is 4.98 Å². The minimum Gasteiger partial charge on any atom is -0.280 e. The van der Waals surface area contributed by atoms with Gasteiger partial charge in [0, 0.05) is 10.0 Å². The van der Waals surface area contributed by atoms with E-state index < -0.39 is 10.0 Å². The first-order valence-electron chi connectivity index (χ1n) is 6.20. The van der Waals surface area contributed by atoms with Crippen LogP contribution in [-0.4, -0.2) is 13.4 Å². The molecule has 0 aliphatic rings. The molecule has 0 fully saturated rings. The molecule has 0 aliphatic heterocycles. The lowest BCUT2D eigenvalue weighted by Gasteiger charge is -2.09. The Labute approximate surface area is 141 Å². The molecule has 0 saturated heterocycles. The summed E-state index contributed by atoms with van der Waals surface area (Å²) in [4.78, 5) is 4.36. The zero-order valence-corrected chi connectivity index (χ0v) is 14.4. The Morgan fingerprint density at radius 2 is 1.77 bits per heavy atom. The van der Waals surface area contributed by atoms with E-state index in [1.54, 1.807) is 18.2 Å². The van der Waals surface area contributed by atoms with Gasteiger partial charge in [-0.25, -0.2) is 13.4 Å². The number of halogens is 2. The molecule has 0 unspecified atom stereocenters. The number of sulfonamides is 1. The van der Waals surface area contributed by atoms with E-state index in [4.69, 9.17) is 23.2 Å². The predicted octanol–water partition coefficient (Wildman–Crippen LogP) is 4.71. The molecule has 3 rings (SSSR count). The smallest absolute Gasteiger partial charge is 0.261 e. The van der Waals surface area contributed by atoms with E-state index in [0.717, 1.165) is 15.2 Å². The number of hydrogen-bond acceptors (Lipinski definition) is 4. The van der Waals surface area contributed by atoms with Crippen LogP contribution in [-0.2, 0) is 10.0 Å². The first-order valence-corrected chi connectivity index (χ1v) is 9.25. The highest BCUT2D eigenvalue weighted by molar-refractivity contribution is 7.92. The molecular formula is C14H10Cl2N2O2S2. The molecule has 0 atom stereocenters. The van der Waals surface area contributed by atoms with Gasteiger partial charge >= 0.3 is 0 Å². The highest BCUT2D eigenvalue weighted by atomic mass is 35.5. The molecular weight excluding hydrogens is 363 g/mol. The third kappa shape index (κ3) is 3.20. The maximum absolute atomic E-state index is 12.4. The van der Waals surface area contributed by atoms with Crippen LogP contribution in [0.15, 0.2) is 41.3 Å². The summed E-state index contributed by atoms with van der Waals surface area (Å²) >= 11 is 13.2. The standard InChI is InChI=1S/C14H10Cl2N2O2S2/c1-8-17-13-3-2-11(7-14(13)21-8)18-22(19,20)12-5-9(15)4-10(16)6-12/h2-7,18H,1H3. The Morgan fingerprint density at radius 1 is 1.09 bits per heavy atom. The van der Waals surface area contributed by atoms with Gasteiger partial charge < -0.3 is 0 Å². The second kappa shape index (κ2) is 5.70. The fourth-order valence-corrected chi connectivity index (χ4v) is 4.64. The zero-order valence-electron chi connectivity index (χ0n) is 11.3. The lowest BCUT2D eigenvalue weighted by Crippen LogP contribution is -2.12. The molecule has 4 nitrogen and oxygen atoms in total. The van der Waals surface area contributed by atoms with Crippen molar-refractivity contribution in [1.29, 1.82) is 0 Å². The predicted molar refractivity (Wildman–Crippen MR) is 91.6 cm³/mol. The second-order valence-electron chi connectivity index (χ2n) is 4.63. The normalized spacial score (nSPS) is 11.8. The fraction of sp³-hybridized carbons (Fsp3) is 0.0714. The zero-order chi connectivity index (χ0) is 15.9. The number of thiazole rings is 1. The number of aromatic nitrogens is 1. The molecule has 1 aromatic heterocycles. The summed E-state index contributed by atoms with van der Waals surface area (Å²) in [7, 11) is -3.75. The second-order valence-corrected chi connectivity index (χ2v) is 8.42. The summed E-state index contributed by atoms with van der Waals surface area (Å²) in [5, 5.41) is 1.46. The maximum atomic E-state index is 12.4. The Kier molecular flexibility index (Phi) is 4.03. The average Bonchev–Trinajstić information content (AvgIpc) is 2.76. The molecule has 114 valence electrons. The number of aryl methyl sites for hydroxylation is 1. The molecule has 2 aromatic carbocycles. The SMILES string of the molecule is Cc1nc2ccc(NS(=O)(=O)c3cc(Cl)cc(Cl)c3)cc2s1. The van der Waals surface area contributed by atoms with E-state index in [2.05, 4.69) is 9.71 Å². The maximum Gasteiger partial charge on any atom is 0.261 e. The van der Waals surface area contributed by atoms with Gasteiger partial charge in [0.2, 0.25) is 0 Å². The first kappa shape index (κ1) is 15.6. The van der Waals surface area contributed by atoms with E-state index in [1.807, 2.05) is 6.92 Å².